The quantitative estimate of drug-likeness (QED) is 0.610. The minimum atomic E-state index is 0.481. The fraction of sp³-hybridized carbons (Fsp3) is 0.478. The van der Waals surface area contributed by atoms with Crippen molar-refractivity contribution in [1.82, 2.24) is 9.97 Å². The van der Waals surface area contributed by atoms with E-state index in [1.807, 2.05) is 13.0 Å². The topological polar surface area (TPSA) is 35.0 Å². The van der Waals surface area contributed by atoms with Gasteiger partial charge < -0.3 is 4.74 Å². The van der Waals surface area contributed by atoms with E-state index in [1.54, 1.807) is 0 Å². The highest BCUT2D eigenvalue weighted by Gasteiger charge is 2.17. The molecular weight excluding hydrogens is 320 g/mol. The van der Waals surface area contributed by atoms with Crippen molar-refractivity contribution in [2.45, 2.75) is 61.3 Å². The highest BCUT2D eigenvalue weighted by Crippen LogP contribution is 2.32. The number of hydrogen-bond donors (Lipinski definition) is 0. The summed E-state index contributed by atoms with van der Waals surface area (Å²) in [6.07, 6.45) is 4.01. The average Bonchev–Trinajstić information content (AvgIpc) is 2.63. The smallest absolute Gasteiger partial charge is 0.213 e. The van der Waals surface area contributed by atoms with E-state index in [1.165, 1.54) is 16.7 Å². The van der Waals surface area contributed by atoms with Crippen molar-refractivity contribution in [2.24, 2.45) is 5.92 Å². The van der Waals surface area contributed by atoms with Gasteiger partial charge in [-0.15, -0.1) is 0 Å². The molecule has 0 saturated heterocycles. The molecular formula is C23H32N2O. The molecule has 2 aromatic rings. The van der Waals surface area contributed by atoms with E-state index in [0.717, 1.165) is 35.5 Å². The van der Waals surface area contributed by atoms with Gasteiger partial charge in [0, 0.05) is 17.3 Å². The van der Waals surface area contributed by atoms with Crippen molar-refractivity contribution in [3.05, 3.63) is 46.8 Å². The lowest BCUT2D eigenvalue weighted by Gasteiger charge is -2.18. The van der Waals surface area contributed by atoms with Crippen molar-refractivity contribution >= 4 is 5.57 Å². The van der Waals surface area contributed by atoms with Crippen LogP contribution in [0, 0.1) is 12.8 Å². The summed E-state index contributed by atoms with van der Waals surface area (Å²) in [5.41, 5.74) is 8.19. The van der Waals surface area contributed by atoms with E-state index in [-0.39, 0.29) is 0 Å². The fourth-order valence-corrected chi connectivity index (χ4v) is 3.44. The summed E-state index contributed by atoms with van der Waals surface area (Å²) in [6.45, 7) is 15.6. The third kappa shape index (κ3) is 4.14. The number of ether oxygens (including phenoxy) is 1. The van der Waals surface area contributed by atoms with Crippen LogP contribution in [0.3, 0.4) is 0 Å². The SMILES string of the molecule is C/C=C(\c1cc(CC)c(-c2ccc(OCC)nc2CC)nc1C)C(C)C. The van der Waals surface area contributed by atoms with E-state index >= 15 is 0 Å². The molecule has 0 unspecified atom stereocenters. The summed E-state index contributed by atoms with van der Waals surface area (Å²) >= 11 is 0. The van der Waals surface area contributed by atoms with Gasteiger partial charge in [0.25, 0.3) is 0 Å². The molecule has 0 bridgehead atoms. The average molecular weight is 353 g/mol. The molecule has 0 spiro atoms. The lowest BCUT2D eigenvalue weighted by atomic mass is 9.91. The Hall–Kier alpha value is -2.16. The summed E-state index contributed by atoms with van der Waals surface area (Å²) in [4.78, 5) is 9.72. The van der Waals surface area contributed by atoms with Crippen LogP contribution < -0.4 is 4.74 Å². The molecule has 0 amide bonds. The second-order valence-corrected chi connectivity index (χ2v) is 6.81. The van der Waals surface area contributed by atoms with Gasteiger partial charge in [-0.1, -0.05) is 33.8 Å². The van der Waals surface area contributed by atoms with Crippen LogP contribution in [0.4, 0.5) is 0 Å². The highest BCUT2D eigenvalue weighted by atomic mass is 16.5. The number of pyridine rings is 2. The largest absolute Gasteiger partial charge is 0.478 e. The van der Waals surface area contributed by atoms with Crippen LogP contribution in [0.15, 0.2) is 24.3 Å². The molecule has 0 saturated carbocycles. The van der Waals surface area contributed by atoms with Crippen LogP contribution in [0.5, 0.6) is 5.88 Å². The molecule has 0 atom stereocenters. The Labute approximate surface area is 158 Å². The molecule has 0 aliphatic carbocycles. The van der Waals surface area contributed by atoms with Crippen LogP contribution in [0.25, 0.3) is 16.8 Å². The zero-order chi connectivity index (χ0) is 19.3. The minimum absolute atomic E-state index is 0.481. The van der Waals surface area contributed by atoms with Gasteiger partial charge in [0.2, 0.25) is 5.88 Å². The standard InChI is InChI=1S/C23H32N2O/c1-8-17-14-20(18(9-2)15(5)6)16(7)24-23(17)19-12-13-22(26-11-4)25-21(19)10-3/h9,12-15H,8,10-11H2,1-7H3/b18-9-. The molecule has 0 fully saturated rings. The van der Waals surface area contributed by atoms with Gasteiger partial charge in [0.1, 0.15) is 0 Å². The molecule has 140 valence electrons. The predicted molar refractivity (Wildman–Crippen MR) is 111 cm³/mol. The van der Waals surface area contributed by atoms with E-state index < -0.39 is 0 Å². The molecule has 0 N–H and O–H groups in total. The molecule has 26 heavy (non-hydrogen) atoms. The maximum absolute atomic E-state index is 5.57. The molecule has 0 aliphatic rings. The summed E-state index contributed by atoms with van der Waals surface area (Å²) in [6, 6.07) is 6.38. The first-order valence-electron chi connectivity index (χ1n) is 9.76. The van der Waals surface area contributed by atoms with Crippen molar-refractivity contribution < 1.29 is 4.74 Å². The Kier molecular flexibility index (Phi) is 6.96. The molecule has 2 heterocycles. The summed E-state index contributed by atoms with van der Waals surface area (Å²) in [5.74, 6) is 1.17. The van der Waals surface area contributed by atoms with Gasteiger partial charge in [-0.2, -0.15) is 0 Å². The third-order valence-electron chi connectivity index (χ3n) is 4.75. The number of aryl methyl sites for hydroxylation is 3. The van der Waals surface area contributed by atoms with Gasteiger partial charge in [0.05, 0.1) is 18.0 Å². The summed E-state index contributed by atoms with van der Waals surface area (Å²) in [5, 5.41) is 0. The summed E-state index contributed by atoms with van der Waals surface area (Å²) in [7, 11) is 0. The number of aromatic nitrogens is 2. The molecule has 3 heteroatoms. The van der Waals surface area contributed by atoms with Crippen molar-refractivity contribution in [1.29, 1.82) is 0 Å². The maximum Gasteiger partial charge on any atom is 0.213 e. The number of allylic oxidation sites excluding steroid dienone is 2. The first kappa shape index (κ1) is 20.2. The van der Waals surface area contributed by atoms with Gasteiger partial charge in [-0.25, -0.2) is 4.98 Å². The van der Waals surface area contributed by atoms with Crippen molar-refractivity contribution in [3.8, 4) is 17.1 Å². The highest BCUT2D eigenvalue weighted by molar-refractivity contribution is 5.73. The Balaban J connectivity index is 2.62. The molecule has 2 rings (SSSR count). The Bertz CT molecular complexity index is 791. The van der Waals surface area contributed by atoms with Crippen LogP contribution in [-0.4, -0.2) is 16.6 Å². The monoisotopic (exact) mass is 352 g/mol. The fourth-order valence-electron chi connectivity index (χ4n) is 3.44. The Morgan fingerprint density at radius 1 is 1.12 bits per heavy atom. The molecule has 0 radical (unpaired) electrons. The third-order valence-corrected chi connectivity index (χ3v) is 4.75. The van der Waals surface area contributed by atoms with E-state index in [0.29, 0.717) is 18.4 Å². The minimum Gasteiger partial charge on any atom is -0.478 e. The first-order valence-corrected chi connectivity index (χ1v) is 9.76. The second kappa shape index (κ2) is 8.98. The van der Waals surface area contributed by atoms with Gasteiger partial charge in [-0.05, 0) is 68.4 Å². The summed E-state index contributed by atoms with van der Waals surface area (Å²) < 4.78 is 5.57. The number of rotatable bonds is 7. The normalized spacial score (nSPS) is 11.9. The number of hydrogen-bond acceptors (Lipinski definition) is 3. The Morgan fingerprint density at radius 3 is 2.38 bits per heavy atom. The van der Waals surface area contributed by atoms with Crippen molar-refractivity contribution in [3.63, 3.8) is 0 Å². The predicted octanol–water partition coefficient (Wildman–Crippen LogP) is 6.03. The molecule has 0 aromatic carbocycles. The van der Waals surface area contributed by atoms with Gasteiger partial charge in [0.15, 0.2) is 0 Å². The van der Waals surface area contributed by atoms with E-state index in [9.17, 15) is 0 Å². The first-order chi connectivity index (χ1) is 12.5. The van der Waals surface area contributed by atoms with E-state index in [4.69, 9.17) is 14.7 Å². The van der Waals surface area contributed by atoms with Crippen molar-refractivity contribution in [2.75, 3.05) is 6.61 Å². The van der Waals surface area contributed by atoms with Gasteiger partial charge in [-0.3, -0.25) is 4.98 Å². The van der Waals surface area contributed by atoms with Crippen LogP contribution in [0.2, 0.25) is 0 Å². The van der Waals surface area contributed by atoms with Crippen LogP contribution in [-0.2, 0) is 12.8 Å². The maximum atomic E-state index is 5.57. The molecule has 0 aliphatic heterocycles. The lowest BCUT2D eigenvalue weighted by molar-refractivity contribution is 0.326. The van der Waals surface area contributed by atoms with E-state index in [2.05, 4.69) is 59.8 Å². The second-order valence-electron chi connectivity index (χ2n) is 6.81. The zero-order valence-electron chi connectivity index (χ0n) is 17.3. The van der Waals surface area contributed by atoms with Crippen LogP contribution in [0.1, 0.15) is 64.1 Å². The zero-order valence-corrected chi connectivity index (χ0v) is 17.3. The molecule has 3 nitrogen and oxygen atoms in total. The van der Waals surface area contributed by atoms with Crippen LogP contribution >= 0.6 is 0 Å². The van der Waals surface area contributed by atoms with Gasteiger partial charge >= 0.3 is 0 Å². The molecule has 2 aromatic heterocycles. The Morgan fingerprint density at radius 2 is 1.85 bits per heavy atom. The number of nitrogens with zero attached hydrogens (tertiary/aromatic N) is 2. The lowest BCUT2D eigenvalue weighted by Crippen LogP contribution is -2.05.